The molecule has 0 radical (unpaired) electrons. The number of hydrogen-bond acceptors (Lipinski definition) is 2. The Morgan fingerprint density at radius 3 is 2.50 bits per heavy atom. The summed E-state index contributed by atoms with van der Waals surface area (Å²) in [6, 6.07) is 0. The monoisotopic (exact) mass is 186 g/mol. The smallest absolute Gasteiger partial charge is 0.00571 e. The molecule has 2 saturated heterocycles. The molecule has 2 aliphatic rings. The van der Waals surface area contributed by atoms with Crippen LogP contribution in [0, 0.1) is 11.8 Å². The fourth-order valence-corrected chi connectivity index (χ4v) is 3.05. The van der Waals surface area contributed by atoms with Gasteiger partial charge in [0.05, 0.1) is 0 Å². The van der Waals surface area contributed by atoms with Crippen LogP contribution < -0.4 is 0 Å². The van der Waals surface area contributed by atoms with E-state index in [2.05, 4.69) is 26.0 Å². The first-order chi connectivity index (χ1) is 5.74. The second-order valence-corrected chi connectivity index (χ2v) is 5.20. The number of nitrogens with zero attached hydrogens (tertiary/aromatic N) is 2. The Morgan fingerprint density at radius 1 is 1.25 bits per heavy atom. The van der Waals surface area contributed by atoms with Crippen LogP contribution in [-0.2, 0) is 0 Å². The summed E-state index contributed by atoms with van der Waals surface area (Å²) in [5.74, 6) is 2.00. The zero-order chi connectivity index (χ0) is 8.55. The van der Waals surface area contributed by atoms with Gasteiger partial charge in [-0.3, -0.25) is 4.67 Å². The summed E-state index contributed by atoms with van der Waals surface area (Å²) in [5, 5.41) is 0. The van der Waals surface area contributed by atoms with Gasteiger partial charge in [0.2, 0.25) is 0 Å². The molecule has 2 fully saturated rings. The molecule has 0 aromatic heterocycles. The third-order valence-electron chi connectivity index (χ3n) is 3.14. The highest BCUT2D eigenvalue weighted by atomic mass is 31.0. The van der Waals surface area contributed by atoms with Crippen molar-refractivity contribution in [2.45, 2.75) is 12.8 Å². The van der Waals surface area contributed by atoms with E-state index in [4.69, 9.17) is 0 Å². The summed E-state index contributed by atoms with van der Waals surface area (Å²) in [5.41, 5.74) is 0. The van der Waals surface area contributed by atoms with Gasteiger partial charge in [-0.1, -0.05) is 9.39 Å². The van der Waals surface area contributed by atoms with Crippen molar-refractivity contribution in [1.82, 2.24) is 9.57 Å². The first-order valence-corrected chi connectivity index (χ1v) is 5.44. The maximum Gasteiger partial charge on any atom is 0.00571 e. The molecule has 2 unspecified atom stereocenters. The summed E-state index contributed by atoms with van der Waals surface area (Å²) in [6.07, 6.45) is 2.90. The molecule has 3 heteroatoms. The maximum absolute atomic E-state index is 2.78. The summed E-state index contributed by atoms with van der Waals surface area (Å²) in [4.78, 5) is 2.46. The van der Waals surface area contributed by atoms with Crippen LogP contribution in [0.3, 0.4) is 0 Å². The van der Waals surface area contributed by atoms with Crippen molar-refractivity contribution in [3.05, 3.63) is 0 Å². The lowest BCUT2D eigenvalue weighted by Gasteiger charge is -2.37. The van der Waals surface area contributed by atoms with Gasteiger partial charge in [-0.2, -0.15) is 0 Å². The molecule has 0 N–H and O–H groups in total. The van der Waals surface area contributed by atoms with Gasteiger partial charge in [0.25, 0.3) is 0 Å². The van der Waals surface area contributed by atoms with Gasteiger partial charge in [0, 0.05) is 19.6 Å². The largest absolute Gasteiger partial charge is 0.306 e. The minimum atomic E-state index is 0.999. The minimum Gasteiger partial charge on any atom is -0.306 e. The molecule has 2 nitrogen and oxygen atoms in total. The molecule has 0 aromatic carbocycles. The van der Waals surface area contributed by atoms with Crippen LogP contribution in [0.5, 0.6) is 0 Å². The van der Waals surface area contributed by atoms with Crippen molar-refractivity contribution in [2.75, 3.05) is 33.2 Å². The normalized spacial score (nSPS) is 34.0. The summed E-state index contributed by atoms with van der Waals surface area (Å²) in [6.45, 7) is 5.28. The second kappa shape index (κ2) is 3.61. The van der Waals surface area contributed by atoms with E-state index < -0.39 is 0 Å². The molecule has 0 bridgehead atoms. The van der Waals surface area contributed by atoms with Gasteiger partial charge in [-0.05, 0) is 38.3 Å². The van der Waals surface area contributed by atoms with Crippen molar-refractivity contribution in [3.63, 3.8) is 0 Å². The molecule has 0 saturated carbocycles. The van der Waals surface area contributed by atoms with E-state index in [1.807, 2.05) is 0 Å². The summed E-state index contributed by atoms with van der Waals surface area (Å²) >= 11 is 0. The van der Waals surface area contributed by atoms with Gasteiger partial charge in [-0.25, -0.2) is 0 Å². The SMILES string of the molecule is CN1CCC(CC2CN(P)C2)C1. The van der Waals surface area contributed by atoms with E-state index in [0.717, 1.165) is 11.8 Å². The Kier molecular flexibility index (Phi) is 2.69. The summed E-state index contributed by atoms with van der Waals surface area (Å²) < 4.78 is 2.34. The first kappa shape index (κ1) is 8.93. The molecule has 0 amide bonds. The molecule has 0 aromatic rings. The zero-order valence-electron chi connectivity index (χ0n) is 7.87. The first-order valence-electron chi connectivity index (χ1n) is 4.92. The highest BCUT2D eigenvalue weighted by molar-refractivity contribution is 7.13. The fraction of sp³-hybridized carbons (Fsp3) is 1.00. The molecule has 12 heavy (non-hydrogen) atoms. The van der Waals surface area contributed by atoms with Crippen molar-refractivity contribution in [1.29, 1.82) is 0 Å². The number of likely N-dealkylation sites (tertiary alicyclic amines) is 1. The Morgan fingerprint density at radius 2 is 2.00 bits per heavy atom. The molecule has 2 aliphatic heterocycles. The van der Waals surface area contributed by atoms with Crippen molar-refractivity contribution in [2.24, 2.45) is 11.8 Å². The Bertz CT molecular complexity index is 157. The van der Waals surface area contributed by atoms with Crippen molar-refractivity contribution in [3.8, 4) is 0 Å². The van der Waals surface area contributed by atoms with Crippen LogP contribution in [0.25, 0.3) is 0 Å². The summed E-state index contributed by atoms with van der Waals surface area (Å²) in [7, 11) is 5.02. The highest BCUT2D eigenvalue weighted by Gasteiger charge is 2.28. The molecule has 2 heterocycles. The van der Waals surface area contributed by atoms with Crippen LogP contribution in [0.15, 0.2) is 0 Å². The quantitative estimate of drug-likeness (QED) is 0.595. The van der Waals surface area contributed by atoms with Crippen LogP contribution in [0.1, 0.15) is 12.8 Å². The third-order valence-corrected chi connectivity index (χ3v) is 3.56. The molecule has 0 aliphatic carbocycles. The van der Waals surface area contributed by atoms with E-state index >= 15 is 0 Å². The topological polar surface area (TPSA) is 6.48 Å². The average molecular weight is 186 g/mol. The lowest BCUT2D eigenvalue weighted by atomic mass is 9.90. The molecule has 0 spiro atoms. The van der Waals surface area contributed by atoms with E-state index in [0.29, 0.717) is 0 Å². The van der Waals surface area contributed by atoms with Crippen molar-refractivity contribution < 1.29 is 0 Å². The standard InChI is InChI=1S/C9H19N2P/c1-10-3-2-8(5-10)4-9-6-11(12)7-9/h8-9H,2-7,12H2,1H3. The Balaban J connectivity index is 1.67. The molecular weight excluding hydrogens is 167 g/mol. The van der Waals surface area contributed by atoms with Crippen LogP contribution in [0.4, 0.5) is 0 Å². The third kappa shape index (κ3) is 1.99. The van der Waals surface area contributed by atoms with Gasteiger partial charge >= 0.3 is 0 Å². The predicted molar refractivity (Wildman–Crippen MR) is 55.0 cm³/mol. The van der Waals surface area contributed by atoms with E-state index in [9.17, 15) is 0 Å². The van der Waals surface area contributed by atoms with Crippen LogP contribution in [0.2, 0.25) is 0 Å². The minimum absolute atomic E-state index is 0.999. The Hall–Kier alpha value is 0.350. The molecule has 2 rings (SSSR count). The van der Waals surface area contributed by atoms with E-state index in [1.54, 1.807) is 0 Å². The molecular formula is C9H19N2P. The Labute approximate surface area is 77.6 Å². The molecule has 2 atom stereocenters. The lowest BCUT2D eigenvalue weighted by molar-refractivity contribution is 0.181. The predicted octanol–water partition coefficient (Wildman–Crippen LogP) is 1.05. The van der Waals surface area contributed by atoms with Gasteiger partial charge in [0.1, 0.15) is 0 Å². The zero-order valence-corrected chi connectivity index (χ0v) is 9.02. The van der Waals surface area contributed by atoms with Crippen LogP contribution >= 0.6 is 9.39 Å². The van der Waals surface area contributed by atoms with Crippen molar-refractivity contribution >= 4 is 9.39 Å². The van der Waals surface area contributed by atoms with Gasteiger partial charge in [0.15, 0.2) is 0 Å². The molecule has 70 valence electrons. The average Bonchev–Trinajstić information content (AvgIpc) is 2.33. The van der Waals surface area contributed by atoms with E-state index in [1.165, 1.54) is 39.0 Å². The maximum atomic E-state index is 2.78. The second-order valence-electron chi connectivity index (χ2n) is 4.47. The van der Waals surface area contributed by atoms with Gasteiger partial charge in [-0.15, -0.1) is 0 Å². The number of hydrogen-bond donors (Lipinski definition) is 0. The lowest BCUT2D eigenvalue weighted by Crippen LogP contribution is -2.40. The van der Waals surface area contributed by atoms with Gasteiger partial charge < -0.3 is 4.90 Å². The number of rotatable bonds is 2. The fourth-order valence-electron chi connectivity index (χ4n) is 2.45. The van der Waals surface area contributed by atoms with E-state index in [-0.39, 0.29) is 0 Å². The van der Waals surface area contributed by atoms with Crippen LogP contribution in [-0.4, -0.2) is 42.8 Å². The highest BCUT2D eigenvalue weighted by Crippen LogP contribution is 2.29.